The van der Waals surface area contributed by atoms with Crippen molar-refractivity contribution in [3.63, 3.8) is 0 Å². The third-order valence-corrected chi connectivity index (χ3v) is 2.41. The summed E-state index contributed by atoms with van der Waals surface area (Å²) in [6.07, 6.45) is 5.52. The molecule has 0 aromatic carbocycles. The molecule has 1 unspecified atom stereocenters. The van der Waals surface area contributed by atoms with Gasteiger partial charge in [-0.15, -0.1) is 18.7 Å². The number of nitrogens with one attached hydrogen (secondary N) is 2. The molecule has 0 aromatic heterocycles. The third-order valence-electron chi connectivity index (χ3n) is 2.41. The van der Waals surface area contributed by atoms with Crippen molar-refractivity contribution in [2.24, 2.45) is 5.92 Å². The first kappa shape index (κ1) is 19.2. The smallest absolute Gasteiger partial charge is 0.103 e. The summed E-state index contributed by atoms with van der Waals surface area (Å²) < 4.78 is 0. The maximum absolute atomic E-state index is 7.81. The number of nitrogens with zero attached hydrogens (tertiary/aromatic N) is 1. The van der Waals surface area contributed by atoms with Crippen LogP contribution in [0, 0.1) is 59.2 Å². The quantitative estimate of drug-likeness (QED) is 0.331. The molecule has 0 heterocycles. The summed E-state index contributed by atoms with van der Waals surface area (Å²) in [5, 5.41) is 10.9. The Morgan fingerprint density at radius 3 is 2.47 bits per heavy atom. The molecule has 0 aliphatic carbocycles. The maximum Gasteiger partial charge on any atom is 0.103 e. The van der Waals surface area contributed by atoms with E-state index in [9.17, 15) is 0 Å². The second-order valence-corrected chi connectivity index (χ2v) is 3.81. The molecule has 0 aromatic rings. The molecule has 0 fully saturated rings. The Morgan fingerprint density at radius 1 is 1.59 bits per heavy atom. The van der Waals surface area contributed by atoms with Gasteiger partial charge in [0, 0.05) is 62.3 Å². The van der Waals surface area contributed by atoms with Crippen LogP contribution in [0.4, 0.5) is 0 Å². The second kappa shape index (κ2) is 9.85. The molecular formula is C13H22CeN3-. The van der Waals surface area contributed by atoms with Crippen molar-refractivity contribution < 1.29 is 41.7 Å². The van der Waals surface area contributed by atoms with Crippen molar-refractivity contribution in [1.29, 1.82) is 5.41 Å². The Bertz CT molecular complexity index is 308. The van der Waals surface area contributed by atoms with E-state index in [1.54, 1.807) is 11.0 Å². The maximum atomic E-state index is 7.81. The standard InChI is InChI=1S/C13H22N3.Ce/c1-7-8-12(14)16(6)13(15-5)9-11(4)10(2)3;/h7,11,14-15H,1-2,8H2,3-6H3;/q-1;. The van der Waals surface area contributed by atoms with Gasteiger partial charge in [0.25, 0.3) is 0 Å². The van der Waals surface area contributed by atoms with Gasteiger partial charge in [0.2, 0.25) is 0 Å². The number of rotatable bonds is 6. The van der Waals surface area contributed by atoms with E-state index in [-0.39, 0.29) is 47.7 Å². The molecule has 0 rings (SSSR count). The van der Waals surface area contributed by atoms with Crippen molar-refractivity contribution in [3.8, 4) is 0 Å². The van der Waals surface area contributed by atoms with Crippen molar-refractivity contribution in [3.05, 3.63) is 36.7 Å². The van der Waals surface area contributed by atoms with Crippen LogP contribution in [0.2, 0.25) is 0 Å². The monoisotopic (exact) mass is 360 g/mol. The largest absolute Gasteiger partial charge is 0.447 e. The zero-order valence-electron chi connectivity index (χ0n) is 11.2. The van der Waals surface area contributed by atoms with E-state index in [1.165, 1.54) is 0 Å². The third kappa shape index (κ3) is 7.01. The summed E-state index contributed by atoms with van der Waals surface area (Å²) in [4.78, 5) is 1.76. The summed E-state index contributed by atoms with van der Waals surface area (Å²) >= 11 is 0. The van der Waals surface area contributed by atoms with Crippen LogP contribution in [-0.4, -0.2) is 24.8 Å². The van der Waals surface area contributed by atoms with Gasteiger partial charge in [0.1, 0.15) is 5.84 Å². The Kier molecular flexibility index (Phi) is 11.1. The zero-order valence-corrected chi connectivity index (χ0v) is 14.4. The van der Waals surface area contributed by atoms with Gasteiger partial charge in [0.05, 0.1) is 0 Å². The average molecular weight is 360 g/mol. The van der Waals surface area contributed by atoms with Crippen LogP contribution in [-0.2, 0) is 0 Å². The van der Waals surface area contributed by atoms with E-state index in [1.807, 2.05) is 27.9 Å². The van der Waals surface area contributed by atoms with Crippen LogP contribution >= 0.6 is 0 Å². The number of hydrogen-bond donors (Lipinski definition) is 2. The van der Waals surface area contributed by atoms with Gasteiger partial charge in [-0.25, -0.2) is 0 Å². The molecule has 0 radical (unpaired) electrons. The van der Waals surface area contributed by atoms with Gasteiger partial charge < -0.3 is 16.3 Å². The predicted molar refractivity (Wildman–Crippen MR) is 70.1 cm³/mol. The number of amidine groups is 1. The summed E-state index contributed by atoms with van der Waals surface area (Å²) in [5.41, 5.74) is 1.05. The summed E-state index contributed by atoms with van der Waals surface area (Å²) in [6, 6.07) is 0. The summed E-state index contributed by atoms with van der Waals surface area (Å²) in [5.74, 6) is 1.45. The summed E-state index contributed by atoms with van der Waals surface area (Å²) in [6.45, 7) is 11.5. The minimum atomic E-state index is 0. The fourth-order valence-electron chi connectivity index (χ4n) is 1.07. The second-order valence-electron chi connectivity index (χ2n) is 3.81. The minimum absolute atomic E-state index is 0. The zero-order chi connectivity index (χ0) is 12.7. The molecule has 3 nitrogen and oxygen atoms in total. The average Bonchev–Trinajstić information content (AvgIpc) is 2.24. The van der Waals surface area contributed by atoms with E-state index >= 15 is 0 Å². The van der Waals surface area contributed by atoms with Crippen molar-refractivity contribution in [2.75, 3.05) is 14.1 Å². The van der Waals surface area contributed by atoms with Crippen LogP contribution in [0.25, 0.3) is 0 Å². The molecule has 4 heteroatoms. The normalized spacial score (nSPS) is 12.1. The molecule has 1 atom stereocenters. The molecule has 0 saturated heterocycles. The van der Waals surface area contributed by atoms with Crippen LogP contribution in [0.1, 0.15) is 20.3 Å². The van der Waals surface area contributed by atoms with Gasteiger partial charge >= 0.3 is 0 Å². The van der Waals surface area contributed by atoms with Gasteiger partial charge in [0.15, 0.2) is 0 Å². The molecule has 0 aliphatic heterocycles. The molecule has 94 valence electrons. The van der Waals surface area contributed by atoms with E-state index in [4.69, 9.17) is 5.41 Å². The Balaban J connectivity index is 0. The molecule has 0 bridgehead atoms. The molecular weight excluding hydrogens is 338 g/mol. The van der Waals surface area contributed by atoms with Crippen LogP contribution < -0.4 is 5.32 Å². The van der Waals surface area contributed by atoms with Crippen LogP contribution in [0.5, 0.6) is 0 Å². The first-order valence-corrected chi connectivity index (χ1v) is 5.32. The first-order valence-electron chi connectivity index (χ1n) is 5.32. The molecule has 0 spiro atoms. The fourth-order valence-corrected chi connectivity index (χ4v) is 1.07. The Labute approximate surface area is 139 Å². The number of hydrogen-bond acceptors (Lipinski definition) is 2. The molecule has 17 heavy (non-hydrogen) atoms. The number of allylic oxidation sites excluding steroid dienone is 2. The minimum Gasteiger partial charge on any atom is -0.447 e. The van der Waals surface area contributed by atoms with Gasteiger partial charge in [-0.3, -0.25) is 5.41 Å². The predicted octanol–water partition coefficient (Wildman–Crippen LogP) is 2.55. The fraction of sp³-hybridized carbons (Fsp3) is 0.462. The molecule has 0 amide bonds. The van der Waals surface area contributed by atoms with Crippen molar-refractivity contribution in [1.82, 2.24) is 10.2 Å². The van der Waals surface area contributed by atoms with Crippen LogP contribution in [0.3, 0.4) is 0 Å². The van der Waals surface area contributed by atoms with E-state index < -0.39 is 0 Å². The Hall–Kier alpha value is -0.133. The van der Waals surface area contributed by atoms with E-state index in [0.29, 0.717) is 12.3 Å². The van der Waals surface area contributed by atoms with E-state index in [2.05, 4.69) is 24.6 Å². The van der Waals surface area contributed by atoms with Crippen molar-refractivity contribution >= 4 is 5.84 Å². The van der Waals surface area contributed by atoms with Crippen LogP contribution in [0.15, 0.2) is 30.6 Å². The first-order chi connectivity index (χ1) is 7.43. The van der Waals surface area contributed by atoms with Gasteiger partial charge in [-0.2, -0.15) is 5.92 Å². The SMILES string of the molecule is C=CCC(=N)N(C)C(=[C-]C(C)C(=C)C)NC.[Ce]. The molecule has 2 N–H and O–H groups in total. The topological polar surface area (TPSA) is 39.1 Å². The molecule has 0 aliphatic rings. The van der Waals surface area contributed by atoms with Gasteiger partial charge in [-0.05, 0) is 6.92 Å². The van der Waals surface area contributed by atoms with E-state index in [0.717, 1.165) is 11.4 Å². The van der Waals surface area contributed by atoms with Gasteiger partial charge in [-0.1, -0.05) is 18.8 Å². The summed E-state index contributed by atoms with van der Waals surface area (Å²) in [7, 11) is 3.67. The molecule has 0 saturated carbocycles. The Morgan fingerprint density at radius 2 is 2.12 bits per heavy atom. The van der Waals surface area contributed by atoms with Crippen molar-refractivity contribution in [2.45, 2.75) is 20.3 Å².